The molecule has 2 aromatic rings. The normalized spacial score (nSPS) is 11.7. The molecule has 0 radical (unpaired) electrons. The molecule has 19 heavy (non-hydrogen) atoms. The molecule has 0 aliphatic carbocycles. The van der Waals surface area contributed by atoms with E-state index in [1.54, 1.807) is 30.4 Å². The lowest BCUT2D eigenvalue weighted by molar-refractivity contribution is 0.208. The molecule has 4 heteroatoms. The molecule has 0 aliphatic rings. The highest BCUT2D eigenvalue weighted by molar-refractivity contribution is 5.89. The minimum atomic E-state index is -0.149. The van der Waals surface area contributed by atoms with Gasteiger partial charge in [-0.15, -0.1) is 0 Å². The molecule has 1 aromatic heterocycles. The molecule has 0 aliphatic heterocycles. The first-order valence-corrected chi connectivity index (χ1v) is 6.17. The number of benzene rings is 1. The van der Waals surface area contributed by atoms with Gasteiger partial charge in [-0.05, 0) is 24.6 Å². The van der Waals surface area contributed by atoms with E-state index in [1.807, 2.05) is 43.3 Å². The number of nitrogens with zero attached hydrogens (tertiary/aromatic N) is 2. The summed E-state index contributed by atoms with van der Waals surface area (Å²) in [6, 6.07) is 13.4. The molecule has 98 valence electrons. The highest BCUT2D eigenvalue weighted by Crippen LogP contribution is 2.19. The van der Waals surface area contributed by atoms with Crippen molar-refractivity contribution in [3.63, 3.8) is 0 Å². The fraction of sp³-hybridized carbons (Fsp3) is 0.200. The molecule has 0 fully saturated rings. The lowest BCUT2D eigenvalue weighted by Gasteiger charge is -2.25. The van der Waals surface area contributed by atoms with Gasteiger partial charge in [-0.1, -0.05) is 30.3 Å². The molecule has 1 atom stereocenters. The van der Waals surface area contributed by atoms with Crippen LogP contribution in [0.25, 0.3) is 0 Å². The summed E-state index contributed by atoms with van der Waals surface area (Å²) in [7, 11) is 1.78. The Morgan fingerprint density at radius 3 is 2.58 bits per heavy atom. The van der Waals surface area contributed by atoms with E-state index >= 15 is 0 Å². The molecule has 1 aromatic carbocycles. The third-order valence-electron chi connectivity index (χ3n) is 3.10. The van der Waals surface area contributed by atoms with Crippen LogP contribution in [-0.2, 0) is 0 Å². The van der Waals surface area contributed by atoms with Crippen molar-refractivity contribution in [1.29, 1.82) is 0 Å². The molecular weight excluding hydrogens is 238 g/mol. The van der Waals surface area contributed by atoms with Crippen LogP contribution in [0.3, 0.4) is 0 Å². The van der Waals surface area contributed by atoms with Crippen molar-refractivity contribution < 1.29 is 4.79 Å². The molecule has 0 spiro atoms. The van der Waals surface area contributed by atoms with Crippen molar-refractivity contribution in [2.75, 3.05) is 12.4 Å². The van der Waals surface area contributed by atoms with Gasteiger partial charge in [-0.2, -0.15) is 0 Å². The second-order valence-electron chi connectivity index (χ2n) is 4.37. The van der Waals surface area contributed by atoms with Crippen molar-refractivity contribution in [3.8, 4) is 0 Å². The van der Waals surface area contributed by atoms with E-state index in [1.165, 1.54) is 0 Å². The van der Waals surface area contributed by atoms with Gasteiger partial charge in [0.2, 0.25) is 0 Å². The summed E-state index contributed by atoms with van der Waals surface area (Å²) in [5.41, 5.74) is 1.80. The smallest absolute Gasteiger partial charge is 0.321 e. The SMILES string of the molecule is CC(c1ccccc1)N(C)C(=O)Nc1cccnc1. The Morgan fingerprint density at radius 2 is 1.95 bits per heavy atom. The number of carbonyl (C=O) groups is 1. The quantitative estimate of drug-likeness (QED) is 0.914. The molecule has 0 saturated carbocycles. The standard InChI is InChI=1S/C15H17N3O/c1-12(13-7-4-3-5-8-13)18(2)15(19)17-14-9-6-10-16-11-14/h3-12H,1-2H3,(H,17,19). The number of aromatic nitrogens is 1. The van der Waals surface area contributed by atoms with Crippen LogP contribution >= 0.6 is 0 Å². The third kappa shape index (κ3) is 3.31. The van der Waals surface area contributed by atoms with Gasteiger partial charge in [-0.25, -0.2) is 4.79 Å². The molecule has 1 unspecified atom stereocenters. The van der Waals surface area contributed by atoms with Crippen LogP contribution in [0.5, 0.6) is 0 Å². The molecule has 2 rings (SSSR count). The number of hydrogen-bond donors (Lipinski definition) is 1. The zero-order valence-electron chi connectivity index (χ0n) is 11.1. The van der Waals surface area contributed by atoms with E-state index in [0.717, 1.165) is 5.56 Å². The van der Waals surface area contributed by atoms with E-state index in [2.05, 4.69) is 10.3 Å². The number of carbonyl (C=O) groups excluding carboxylic acids is 1. The average molecular weight is 255 g/mol. The first kappa shape index (κ1) is 13.1. The Morgan fingerprint density at radius 1 is 1.21 bits per heavy atom. The molecular formula is C15H17N3O. The largest absolute Gasteiger partial charge is 0.322 e. The number of nitrogens with one attached hydrogen (secondary N) is 1. The van der Waals surface area contributed by atoms with Crippen LogP contribution in [0.15, 0.2) is 54.9 Å². The fourth-order valence-corrected chi connectivity index (χ4v) is 1.78. The molecule has 1 N–H and O–H groups in total. The van der Waals surface area contributed by atoms with E-state index in [9.17, 15) is 4.79 Å². The van der Waals surface area contributed by atoms with Gasteiger partial charge in [0.05, 0.1) is 17.9 Å². The predicted octanol–water partition coefficient (Wildman–Crippen LogP) is 3.31. The van der Waals surface area contributed by atoms with Crippen molar-refractivity contribution in [3.05, 3.63) is 60.4 Å². The van der Waals surface area contributed by atoms with Crippen molar-refractivity contribution >= 4 is 11.7 Å². The maximum absolute atomic E-state index is 12.1. The highest BCUT2D eigenvalue weighted by atomic mass is 16.2. The number of pyridine rings is 1. The first-order chi connectivity index (χ1) is 9.18. The number of hydrogen-bond acceptors (Lipinski definition) is 2. The van der Waals surface area contributed by atoms with Crippen LogP contribution in [0.1, 0.15) is 18.5 Å². The maximum atomic E-state index is 12.1. The minimum absolute atomic E-state index is 0.0119. The number of anilines is 1. The van der Waals surface area contributed by atoms with Crippen LogP contribution < -0.4 is 5.32 Å². The molecule has 1 heterocycles. The zero-order chi connectivity index (χ0) is 13.7. The molecule has 0 saturated heterocycles. The van der Waals surface area contributed by atoms with Crippen LogP contribution in [0, 0.1) is 0 Å². The van der Waals surface area contributed by atoms with Gasteiger partial charge in [0.15, 0.2) is 0 Å². The van der Waals surface area contributed by atoms with Gasteiger partial charge in [0, 0.05) is 13.2 Å². The van der Waals surface area contributed by atoms with Gasteiger partial charge < -0.3 is 10.2 Å². The topological polar surface area (TPSA) is 45.2 Å². The van der Waals surface area contributed by atoms with Gasteiger partial charge in [0.25, 0.3) is 0 Å². The lowest BCUT2D eigenvalue weighted by Crippen LogP contribution is -2.33. The average Bonchev–Trinajstić information content (AvgIpc) is 2.47. The van der Waals surface area contributed by atoms with Gasteiger partial charge in [0.1, 0.15) is 0 Å². The van der Waals surface area contributed by atoms with Crippen molar-refractivity contribution in [1.82, 2.24) is 9.88 Å². The molecule has 2 amide bonds. The Kier molecular flexibility index (Phi) is 4.13. The summed E-state index contributed by atoms with van der Waals surface area (Å²) in [4.78, 5) is 17.8. The summed E-state index contributed by atoms with van der Waals surface area (Å²) in [5.74, 6) is 0. The maximum Gasteiger partial charge on any atom is 0.322 e. The summed E-state index contributed by atoms with van der Waals surface area (Å²) in [6.07, 6.45) is 3.30. The van der Waals surface area contributed by atoms with Gasteiger partial charge >= 0.3 is 6.03 Å². The minimum Gasteiger partial charge on any atom is -0.321 e. The Labute approximate surface area is 113 Å². The Hall–Kier alpha value is -2.36. The summed E-state index contributed by atoms with van der Waals surface area (Å²) in [6.45, 7) is 2.00. The summed E-state index contributed by atoms with van der Waals surface area (Å²) >= 11 is 0. The molecule has 0 bridgehead atoms. The summed E-state index contributed by atoms with van der Waals surface area (Å²) in [5, 5.41) is 2.82. The zero-order valence-corrected chi connectivity index (χ0v) is 11.1. The first-order valence-electron chi connectivity index (χ1n) is 6.17. The second-order valence-corrected chi connectivity index (χ2v) is 4.37. The van der Waals surface area contributed by atoms with Crippen LogP contribution in [-0.4, -0.2) is 23.0 Å². The number of amides is 2. The monoisotopic (exact) mass is 255 g/mol. The van der Waals surface area contributed by atoms with Crippen molar-refractivity contribution in [2.24, 2.45) is 0 Å². The van der Waals surface area contributed by atoms with E-state index in [0.29, 0.717) is 5.69 Å². The van der Waals surface area contributed by atoms with Crippen LogP contribution in [0.2, 0.25) is 0 Å². The molecule has 4 nitrogen and oxygen atoms in total. The van der Waals surface area contributed by atoms with E-state index in [4.69, 9.17) is 0 Å². The van der Waals surface area contributed by atoms with E-state index in [-0.39, 0.29) is 12.1 Å². The third-order valence-corrected chi connectivity index (χ3v) is 3.10. The predicted molar refractivity (Wildman–Crippen MR) is 75.9 cm³/mol. The second kappa shape index (κ2) is 6.00. The lowest BCUT2D eigenvalue weighted by atomic mass is 10.1. The Bertz CT molecular complexity index is 528. The van der Waals surface area contributed by atoms with Gasteiger partial charge in [-0.3, -0.25) is 4.98 Å². The Balaban J connectivity index is 2.03. The summed E-state index contributed by atoms with van der Waals surface area (Å²) < 4.78 is 0. The van der Waals surface area contributed by atoms with Crippen molar-refractivity contribution in [2.45, 2.75) is 13.0 Å². The van der Waals surface area contributed by atoms with E-state index < -0.39 is 0 Å². The number of urea groups is 1. The number of rotatable bonds is 3. The van der Waals surface area contributed by atoms with Crippen LogP contribution in [0.4, 0.5) is 10.5 Å². The fourth-order valence-electron chi connectivity index (χ4n) is 1.78. The highest BCUT2D eigenvalue weighted by Gasteiger charge is 2.16.